The predicted molar refractivity (Wildman–Crippen MR) is 46.2 cm³/mol. The van der Waals surface area contributed by atoms with Crippen molar-refractivity contribution in [3.63, 3.8) is 0 Å². The normalized spacial score (nSPS) is 11.9. The Morgan fingerprint density at radius 2 is 2.07 bits per heavy atom. The predicted octanol–water partition coefficient (Wildman–Crippen LogP) is 0.182. The fraction of sp³-hybridized carbons (Fsp3) is 0.857. The molecular weight excluding hydrogens is 215 g/mol. The molecule has 90 valence electrons. The zero-order valence-electron chi connectivity index (χ0n) is 8.30. The molecule has 8 heteroatoms. The van der Waals surface area contributed by atoms with Crippen LogP contribution in [-0.2, 0) is 9.63 Å². The first-order valence-electron chi connectivity index (χ1n) is 4.25. The van der Waals surface area contributed by atoms with E-state index in [4.69, 9.17) is 5.84 Å². The molecule has 0 radical (unpaired) electrons. The highest BCUT2D eigenvalue weighted by atomic mass is 19.4. The van der Waals surface area contributed by atoms with E-state index in [-0.39, 0.29) is 19.5 Å². The van der Waals surface area contributed by atoms with Gasteiger partial charge in [-0.05, 0) is 7.05 Å². The molecule has 0 spiro atoms. The SMILES string of the molecule is CN(CCC(=O)ONN)CCC(F)(F)F. The average molecular weight is 229 g/mol. The molecule has 3 N–H and O–H groups in total. The Labute approximate surface area is 85.3 Å². The number of halogens is 3. The maximum Gasteiger partial charge on any atom is 0.390 e. The molecule has 0 heterocycles. The highest BCUT2D eigenvalue weighted by molar-refractivity contribution is 5.69. The minimum atomic E-state index is -4.17. The minimum Gasteiger partial charge on any atom is -0.356 e. The monoisotopic (exact) mass is 229 g/mol. The standard InChI is InChI=1S/C7H14F3N3O2/c1-13(5-3-7(8,9)10)4-2-6(14)15-12-11/h12H,2-5,11H2,1H3. The number of hydrogen-bond acceptors (Lipinski definition) is 5. The lowest BCUT2D eigenvalue weighted by Gasteiger charge is -2.16. The quantitative estimate of drug-likeness (QED) is 0.502. The third kappa shape index (κ3) is 9.44. The number of hydrogen-bond donors (Lipinski definition) is 2. The zero-order valence-corrected chi connectivity index (χ0v) is 8.30. The van der Waals surface area contributed by atoms with Crippen molar-refractivity contribution in [3.05, 3.63) is 0 Å². The molecule has 5 nitrogen and oxygen atoms in total. The number of nitrogens with one attached hydrogen (secondary N) is 1. The van der Waals surface area contributed by atoms with Gasteiger partial charge in [0, 0.05) is 13.1 Å². The van der Waals surface area contributed by atoms with Gasteiger partial charge in [0.05, 0.1) is 12.8 Å². The van der Waals surface area contributed by atoms with Gasteiger partial charge >= 0.3 is 12.1 Å². The Morgan fingerprint density at radius 1 is 1.47 bits per heavy atom. The van der Waals surface area contributed by atoms with Gasteiger partial charge in [0.15, 0.2) is 0 Å². The molecule has 0 aromatic heterocycles. The zero-order chi connectivity index (χ0) is 11.9. The topological polar surface area (TPSA) is 67.6 Å². The number of nitrogens with zero attached hydrogens (tertiary/aromatic N) is 1. The highest BCUT2D eigenvalue weighted by Gasteiger charge is 2.27. The summed E-state index contributed by atoms with van der Waals surface area (Å²) in [4.78, 5) is 16.3. The largest absolute Gasteiger partial charge is 0.390 e. The van der Waals surface area contributed by atoms with Crippen molar-refractivity contribution < 1.29 is 22.8 Å². The van der Waals surface area contributed by atoms with Crippen molar-refractivity contribution in [1.29, 1.82) is 0 Å². The van der Waals surface area contributed by atoms with Crippen LogP contribution < -0.4 is 11.4 Å². The van der Waals surface area contributed by atoms with Crippen LogP contribution in [0.1, 0.15) is 12.8 Å². The molecule has 0 fully saturated rings. The summed E-state index contributed by atoms with van der Waals surface area (Å²) in [5.74, 6) is 4.08. The van der Waals surface area contributed by atoms with Gasteiger partial charge in [-0.3, -0.25) is 4.79 Å². The minimum absolute atomic E-state index is 0.0153. The van der Waals surface area contributed by atoms with Crippen LogP contribution in [0.25, 0.3) is 0 Å². The lowest BCUT2D eigenvalue weighted by molar-refractivity contribution is -0.151. The van der Waals surface area contributed by atoms with E-state index in [0.29, 0.717) is 0 Å². The average Bonchev–Trinajstić information content (AvgIpc) is 2.11. The van der Waals surface area contributed by atoms with E-state index in [1.54, 1.807) is 5.59 Å². The van der Waals surface area contributed by atoms with Crippen molar-refractivity contribution in [2.45, 2.75) is 19.0 Å². The van der Waals surface area contributed by atoms with Crippen molar-refractivity contribution in [2.24, 2.45) is 5.84 Å². The summed E-state index contributed by atoms with van der Waals surface area (Å²) in [5.41, 5.74) is 1.70. The maximum absolute atomic E-state index is 11.8. The van der Waals surface area contributed by atoms with Gasteiger partial charge in [-0.15, -0.1) is 0 Å². The fourth-order valence-corrected chi connectivity index (χ4v) is 0.828. The Bertz CT molecular complexity index is 198. The molecular formula is C7H14F3N3O2. The number of carbonyl (C=O) groups is 1. The van der Waals surface area contributed by atoms with Gasteiger partial charge in [-0.2, -0.15) is 13.2 Å². The molecule has 0 rings (SSSR count). The molecule has 0 atom stereocenters. The van der Waals surface area contributed by atoms with Crippen LogP contribution in [0.3, 0.4) is 0 Å². The van der Waals surface area contributed by atoms with E-state index in [0.717, 1.165) is 0 Å². The van der Waals surface area contributed by atoms with E-state index in [1.165, 1.54) is 11.9 Å². The number of carbonyl (C=O) groups excluding carboxylic acids is 1. The summed E-state index contributed by atoms with van der Waals surface area (Å²) < 4.78 is 35.4. The molecule has 0 bridgehead atoms. The molecule has 0 aromatic carbocycles. The molecule has 0 aliphatic carbocycles. The second kappa shape index (κ2) is 6.59. The fourth-order valence-electron chi connectivity index (χ4n) is 0.828. The van der Waals surface area contributed by atoms with E-state index in [2.05, 4.69) is 4.84 Å². The van der Waals surface area contributed by atoms with Gasteiger partial charge in [-0.1, -0.05) is 5.59 Å². The van der Waals surface area contributed by atoms with Gasteiger partial charge < -0.3 is 9.74 Å². The summed E-state index contributed by atoms with van der Waals surface area (Å²) in [6, 6.07) is 0. The number of alkyl halides is 3. The van der Waals surface area contributed by atoms with Crippen molar-refractivity contribution in [2.75, 3.05) is 20.1 Å². The van der Waals surface area contributed by atoms with E-state index >= 15 is 0 Å². The van der Waals surface area contributed by atoms with Gasteiger partial charge in [0.25, 0.3) is 0 Å². The Hall–Kier alpha value is -0.860. The summed E-state index contributed by atoms with van der Waals surface area (Å²) in [7, 11) is 1.49. The van der Waals surface area contributed by atoms with E-state index < -0.39 is 18.6 Å². The van der Waals surface area contributed by atoms with Crippen LogP contribution in [0.5, 0.6) is 0 Å². The second-order valence-electron chi connectivity index (χ2n) is 3.01. The number of nitrogens with two attached hydrogens (primary N) is 1. The smallest absolute Gasteiger partial charge is 0.356 e. The Morgan fingerprint density at radius 3 is 2.53 bits per heavy atom. The maximum atomic E-state index is 11.8. The number of rotatable bonds is 6. The van der Waals surface area contributed by atoms with E-state index in [1.807, 2.05) is 0 Å². The Balaban J connectivity index is 3.57. The lowest BCUT2D eigenvalue weighted by atomic mass is 10.3. The summed E-state index contributed by atoms with van der Waals surface area (Å²) in [5, 5.41) is 0. The summed E-state index contributed by atoms with van der Waals surface area (Å²) >= 11 is 0. The molecule has 0 unspecified atom stereocenters. The van der Waals surface area contributed by atoms with Crippen LogP contribution in [0.15, 0.2) is 0 Å². The molecule has 0 aliphatic rings. The van der Waals surface area contributed by atoms with Gasteiger partial charge in [-0.25, -0.2) is 5.84 Å². The lowest BCUT2D eigenvalue weighted by Crippen LogP contribution is -2.30. The molecule has 0 amide bonds. The highest BCUT2D eigenvalue weighted by Crippen LogP contribution is 2.19. The molecule has 0 aliphatic heterocycles. The van der Waals surface area contributed by atoms with E-state index in [9.17, 15) is 18.0 Å². The first kappa shape index (κ1) is 14.1. The van der Waals surface area contributed by atoms with Gasteiger partial charge in [0.1, 0.15) is 0 Å². The van der Waals surface area contributed by atoms with Gasteiger partial charge in [0.2, 0.25) is 0 Å². The third-order valence-electron chi connectivity index (χ3n) is 1.65. The van der Waals surface area contributed by atoms with Crippen LogP contribution >= 0.6 is 0 Å². The van der Waals surface area contributed by atoms with Crippen molar-refractivity contribution >= 4 is 5.97 Å². The van der Waals surface area contributed by atoms with Crippen LogP contribution in [0, 0.1) is 0 Å². The summed E-state index contributed by atoms with van der Waals surface area (Å²) in [6.45, 7) is 0.0451. The molecule has 15 heavy (non-hydrogen) atoms. The van der Waals surface area contributed by atoms with Crippen LogP contribution in [0.4, 0.5) is 13.2 Å². The van der Waals surface area contributed by atoms with Crippen molar-refractivity contribution in [3.8, 4) is 0 Å². The molecule has 0 saturated carbocycles. The molecule has 0 saturated heterocycles. The third-order valence-corrected chi connectivity index (χ3v) is 1.65. The Kier molecular flexibility index (Phi) is 6.21. The first-order valence-corrected chi connectivity index (χ1v) is 4.25. The van der Waals surface area contributed by atoms with Crippen LogP contribution in [-0.4, -0.2) is 37.2 Å². The van der Waals surface area contributed by atoms with Crippen molar-refractivity contribution in [1.82, 2.24) is 10.5 Å². The van der Waals surface area contributed by atoms with Crippen LogP contribution in [0.2, 0.25) is 0 Å². The second-order valence-corrected chi connectivity index (χ2v) is 3.01. The summed E-state index contributed by atoms with van der Waals surface area (Å²) in [6.07, 6.45) is -5.08. The first-order chi connectivity index (χ1) is 6.85. The molecule has 0 aromatic rings. The number of hydrazine groups is 1.